The Balaban J connectivity index is 3.91. The lowest BCUT2D eigenvalue weighted by atomic mass is 10.5. The van der Waals surface area contributed by atoms with Crippen LogP contribution in [0.5, 0.6) is 0 Å². The van der Waals surface area contributed by atoms with E-state index >= 15 is 0 Å². The molecule has 0 radical (unpaired) electrons. The van der Waals surface area contributed by atoms with E-state index in [0.29, 0.717) is 0 Å². The monoisotopic (exact) mass is 125 g/mol. The zero-order chi connectivity index (χ0) is 7.28. The topological polar surface area (TPSA) is 50.1 Å². The van der Waals surface area contributed by atoms with E-state index in [4.69, 9.17) is 5.26 Å². The van der Waals surface area contributed by atoms with Gasteiger partial charge in [-0.15, -0.1) is 0 Å². The maximum Gasteiger partial charge on any atom is 0.308 e. The Morgan fingerprint density at radius 2 is 2.33 bits per heavy atom. The first kappa shape index (κ1) is 7.70. The number of rotatable bonds is 1. The molecule has 0 unspecified atom stereocenters. The highest BCUT2D eigenvalue weighted by Crippen LogP contribution is 1.93. The molecule has 0 bridgehead atoms. The van der Waals surface area contributed by atoms with Crippen molar-refractivity contribution in [1.29, 1.82) is 5.26 Å². The third-order valence-electron chi connectivity index (χ3n) is 0.626. The highest BCUT2D eigenvalue weighted by Gasteiger charge is 1.95. The summed E-state index contributed by atoms with van der Waals surface area (Å²) in [6, 6.07) is 1.70. The summed E-state index contributed by atoms with van der Waals surface area (Å²) >= 11 is 0. The van der Waals surface area contributed by atoms with E-state index in [1.54, 1.807) is 13.0 Å². The highest BCUT2D eigenvalue weighted by atomic mass is 16.5. The predicted octanol–water partition coefficient (Wildman–Crippen LogP) is 0.977. The Morgan fingerprint density at radius 1 is 1.78 bits per heavy atom. The normalized spacial score (nSPS) is 10.1. The van der Waals surface area contributed by atoms with Crippen LogP contribution < -0.4 is 0 Å². The van der Waals surface area contributed by atoms with E-state index in [-0.39, 0.29) is 5.76 Å². The van der Waals surface area contributed by atoms with Gasteiger partial charge in [-0.25, -0.2) is 0 Å². The Bertz CT molecular complexity index is 176. The van der Waals surface area contributed by atoms with Crippen molar-refractivity contribution in [1.82, 2.24) is 0 Å². The minimum absolute atomic E-state index is 0.0440. The van der Waals surface area contributed by atoms with Crippen molar-refractivity contribution in [3.8, 4) is 6.07 Å². The standard InChI is InChI=1S/C6H7NO2/c1-3-6(4-7)9-5(2)8/h3H,1-2H3/b6-3-. The van der Waals surface area contributed by atoms with Gasteiger partial charge in [-0.05, 0) is 13.0 Å². The number of hydrogen-bond donors (Lipinski definition) is 0. The Labute approximate surface area is 53.5 Å². The lowest BCUT2D eigenvalue weighted by molar-refractivity contribution is -0.136. The summed E-state index contributed by atoms with van der Waals surface area (Å²) in [5.74, 6) is -0.424. The van der Waals surface area contributed by atoms with E-state index in [2.05, 4.69) is 4.74 Å². The smallest absolute Gasteiger partial charge is 0.308 e. The van der Waals surface area contributed by atoms with Crippen molar-refractivity contribution in [2.75, 3.05) is 0 Å². The molecule has 0 aliphatic carbocycles. The molecule has 0 saturated heterocycles. The van der Waals surface area contributed by atoms with Gasteiger partial charge in [-0.2, -0.15) is 5.26 Å². The number of esters is 1. The molecule has 0 amide bonds. The molecule has 0 aliphatic heterocycles. The second kappa shape index (κ2) is 3.67. The molecule has 0 heterocycles. The fourth-order valence-corrected chi connectivity index (χ4v) is 0.301. The van der Waals surface area contributed by atoms with Crippen molar-refractivity contribution in [3.05, 3.63) is 11.8 Å². The first-order valence-electron chi connectivity index (χ1n) is 2.45. The summed E-state index contributed by atoms with van der Waals surface area (Å²) in [5.41, 5.74) is 0. The van der Waals surface area contributed by atoms with E-state index in [9.17, 15) is 4.79 Å². The molecule has 0 rings (SSSR count). The van der Waals surface area contributed by atoms with Crippen molar-refractivity contribution in [3.63, 3.8) is 0 Å². The van der Waals surface area contributed by atoms with Gasteiger partial charge in [0.2, 0.25) is 5.76 Å². The zero-order valence-electron chi connectivity index (χ0n) is 5.34. The number of carbonyl (C=O) groups is 1. The first-order valence-corrected chi connectivity index (χ1v) is 2.45. The van der Waals surface area contributed by atoms with Crippen molar-refractivity contribution < 1.29 is 9.53 Å². The second-order valence-electron chi connectivity index (χ2n) is 1.36. The SMILES string of the molecule is C/C=C(/C#N)OC(C)=O. The van der Waals surface area contributed by atoms with Crippen LogP contribution in [0, 0.1) is 11.3 Å². The van der Waals surface area contributed by atoms with Crippen LogP contribution in [0.3, 0.4) is 0 Å². The summed E-state index contributed by atoms with van der Waals surface area (Å²) in [6.07, 6.45) is 1.43. The van der Waals surface area contributed by atoms with Crippen LogP contribution in [0.1, 0.15) is 13.8 Å². The van der Waals surface area contributed by atoms with Crippen LogP contribution in [0.2, 0.25) is 0 Å². The lowest BCUT2D eigenvalue weighted by Gasteiger charge is -1.93. The van der Waals surface area contributed by atoms with E-state index < -0.39 is 5.97 Å². The van der Waals surface area contributed by atoms with Crippen LogP contribution in [0.15, 0.2) is 11.8 Å². The average Bonchev–Trinajstić information content (AvgIpc) is 1.82. The van der Waals surface area contributed by atoms with Gasteiger partial charge in [-0.3, -0.25) is 4.79 Å². The van der Waals surface area contributed by atoms with Crippen LogP contribution in [-0.4, -0.2) is 5.97 Å². The third-order valence-corrected chi connectivity index (χ3v) is 0.626. The van der Waals surface area contributed by atoms with Gasteiger partial charge in [0.1, 0.15) is 6.07 Å². The molecule has 0 spiro atoms. The summed E-state index contributed by atoms with van der Waals surface area (Å²) in [5, 5.41) is 8.18. The van der Waals surface area contributed by atoms with Crippen LogP contribution in [0.4, 0.5) is 0 Å². The molecule has 0 aromatic carbocycles. The second-order valence-corrected chi connectivity index (χ2v) is 1.36. The summed E-state index contributed by atoms with van der Waals surface area (Å²) in [7, 11) is 0. The summed E-state index contributed by atoms with van der Waals surface area (Å²) < 4.78 is 4.41. The Kier molecular flexibility index (Phi) is 3.14. The number of nitriles is 1. The van der Waals surface area contributed by atoms with Gasteiger partial charge in [0.15, 0.2) is 0 Å². The minimum Gasteiger partial charge on any atom is -0.416 e. The Morgan fingerprint density at radius 3 is 2.44 bits per heavy atom. The fourth-order valence-electron chi connectivity index (χ4n) is 0.301. The molecule has 3 heteroatoms. The molecule has 9 heavy (non-hydrogen) atoms. The molecular formula is C6H7NO2. The molecule has 48 valence electrons. The zero-order valence-corrected chi connectivity index (χ0v) is 5.34. The van der Waals surface area contributed by atoms with E-state index in [1.165, 1.54) is 13.0 Å². The fraction of sp³-hybridized carbons (Fsp3) is 0.333. The van der Waals surface area contributed by atoms with Gasteiger partial charge in [0.05, 0.1) is 0 Å². The molecule has 0 aliphatic rings. The molecule has 3 nitrogen and oxygen atoms in total. The minimum atomic E-state index is -0.468. The van der Waals surface area contributed by atoms with Gasteiger partial charge >= 0.3 is 5.97 Å². The Hall–Kier alpha value is -1.30. The molecular weight excluding hydrogens is 118 g/mol. The first-order chi connectivity index (χ1) is 4.20. The summed E-state index contributed by atoms with van der Waals surface area (Å²) in [6.45, 7) is 2.88. The van der Waals surface area contributed by atoms with E-state index in [1.807, 2.05) is 0 Å². The summed E-state index contributed by atoms with van der Waals surface area (Å²) in [4.78, 5) is 10.2. The predicted molar refractivity (Wildman–Crippen MR) is 31.1 cm³/mol. The molecule has 0 fully saturated rings. The van der Waals surface area contributed by atoms with Crippen LogP contribution in [-0.2, 0) is 9.53 Å². The van der Waals surface area contributed by atoms with E-state index in [0.717, 1.165) is 0 Å². The van der Waals surface area contributed by atoms with Crippen molar-refractivity contribution in [2.24, 2.45) is 0 Å². The molecule has 0 aromatic heterocycles. The molecule has 0 saturated carbocycles. The quantitative estimate of drug-likeness (QED) is 0.298. The average molecular weight is 125 g/mol. The number of ether oxygens (including phenoxy) is 1. The number of hydrogen-bond acceptors (Lipinski definition) is 3. The number of carbonyl (C=O) groups excluding carboxylic acids is 1. The highest BCUT2D eigenvalue weighted by molar-refractivity contribution is 5.67. The van der Waals surface area contributed by atoms with Gasteiger partial charge < -0.3 is 4.74 Å². The molecule has 0 aromatic rings. The van der Waals surface area contributed by atoms with Crippen molar-refractivity contribution in [2.45, 2.75) is 13.8 Å². The van der Waals surface area contributed by atoms with Crippen LogP contribution >= 0.6 is 0 Å². The van der Waals surface area contributed by atoms with Gasteiger partial charge in [0.25, 0.3) is 0 Å². The van der Waals surface area contributed by atoms with Gasteiger partial charge in [-0.1, -0.05) is 0 Å². The molecule has 0 atom stereocenters. The maximum atomic E-state index is 10.2. The lowest BCUT2D eigenvalue weighted by Crippen LogP contribution is -1.95. The van der Waals surface area contributed by atoms with Crippen LogP contribution in [0.25, 0.3) is 0 Å². The third kappa shape index (κ3) is 3.30. The number of nitrogens with zero attached hydrogens (tertiary/aromatic N) is 1. The molecule has 0 N–H and O–H groups in total. The van der Waals surface area contributed by atoms with Gasteiger partial charge in [0, 0.05) is 6.92 Å². The largest absolute Gasteiger partial charge is 0.416 e. The number of allylic oxidation sites excluding steroid dienone is 2. The van der Waals surface area contributed by atoms with Crippen molar-refractivity contribution >= 4 is 5.97 Å². The maximum absolute atomic E-state index is 10.2.